The van der Waals surface area contributed by atoms with Gasteiger partial charge in [-0.2, -0.15) is 13.2 Å². The molecule has 2 aliphatic heterocycles. The van der Waals surface area contributed by atoms with E-state index < -0.39 is 11.7 Å². The Morgan fingerprint density at radius 1 is 1.36 bits per heavy atom. The standard InChI is InChI=1S/C17H16F3N3OS/c18-17(19,20)11-3-1-2-10(6-11)16-22-14(8-25-16)12-7-21-13-4-5-23(9-24)15(12)13/h1-3,6,8-9,12-13,15,21H,4-5,7H2/t12-,13-,15-/m1/s1. The first kappa shape index (κ1) is 16.5. The van der Waals surface area contributed by atoms with Crippen molar-refractivity contribution in [2.24, 2.45) is 0 Å². The molecule has 2 saturated heterocycles. The molecule has 1 amide bonds. The number of benzene rings is 1. The minimum absolute atomic E-state index is 0.0773. The molecule has 1 aromatic carbocycles. The van der Waals surface area contributed by atoms with E-state index in [1.807, 2.05) is 5.38 Å². The highest BCUT2D eigenvalue weighted by Crippen LogP contribution is 2.38. The molecule has 0 unspecified atom stereocenters. The van der Waals surface area contributed by atoms with E-state index in [4.69, 9.17) is 0 Å². The zero-order valence-electron chi connectivity index (χ0n) is 13.2. The molecule has 25 heavy (non-hydrogen) atoms. The van der Waals surface area contributed by atoms with Crippen molar-refractivity contribution in [1.82, 2.24) is 15.2 Å². The lowest BCUT2D eigenvalue weighted by atomic mass is 9.97. The second-order valence-electron chi connectivity index (χ2n) is 6.40. The predicted octanol–water partition coefficient (Wildman–Crippen LogP) is 3.12. The van der Waals surface area contributed by atoms with E-state index in [2.05, 4.69) is 10.3 Å². The summed E-state index contributed by atoms with van der Waals surface area (Å²) < 4.78 is 38.7. The quantitative estimate of drug-likeness (QED) is 0.848. The van der Waals surface area contributed by atoms with Gasteiger partial charge in [0.2, 0.25) is 6.41 Å². The fourth-order valence-corrected chi connectivity index (χ4v) is 4.67. The average Bonchev–Trinajstić information content (AvgIpc) is 3.29. The third-order valence-corrected chi connectivity index (χ3v) is 5.89. The molecular weight excluding hydrogens is 351 g/mol. The highest BCUT2D eigenvalue weighted by Gasteiger charge is 2.45. The highest BCUT2D eigenvalue weighted by molar-refractivity contribution is 7.13. The molecule has 4 rings (SSSR count). The molecule has 2 aliphatic rings. The number of fused-ring (bicyclic) bond motifs is 1. The monoisotopic (exact) mass is 367 g/mol. The first-order chi connectivity index (χ1) is 12.0. The maximum Gasteiger partial charge on any atom is 0.416 e. The van der Waals surface area contributed by atoms with Gasteiger partial charge in [-0.1, -0.05) is 12.1 Å². The number of halogens is 3. The van der Waals surface area contributed by atoms with Crippen LogP contribution >= 0.6 is 11.3 Å². The fraction of sp³-hybridized carbons (Fsp3) is 0.412. The number of hydrogen-bond donors (Lipinski definition) is 1. The molecule has 1 aromatic heterocycles. The van der Waals surface area contributed by atoms with Gasteiger partial charge in [-0.3, -0.25) is 4.79 Å². The number of thiazole rings is 1. The lowest BCUT2D eigenvalue weighted by Crippen LogP contribution is -2.36. The van der Waals surface area contributed by atoms with E-state index in [1.165, 1.54) is 17.4 Å². The third kappa shape index (κ3) is 2.93. The van der Waals surface area contributed by atoms with Crippen molar-refractivity contribution >= 4 is 17.7 Å². The molecule has 0 spiro atoms. The van der Waals surface area contributed by atoms with Crippen LogP contribution in [0.1, 0.15) is 23.6 Å². The van der Waals surface area contributed by atoms with Crippen LogP contribution in [-0.2, 0) is 11.0 Å². The van der Waals surface area contributed by atoms with Gasteiger partial charge < -0.3 is 10.2 Å². The summed E-state index contributed by atoms with van der Waals surface area (Å²) in [6, 6.07) is 5.58. The molecule has 2 aromatic rings. The maximum absolute atomic E-state index is 12.9. The van der Waals surface area contributed by atoms with E-state index >= 15 is 0 Å². The molecule has 1 N–H and O–H groups in total. The number of aromatic nitrogens is 1. The number of hydrogen-bond acceptors (Lipinski definition) is 4. The summed E-state index contributed by atoms with van der Waals surface area (Å²) in [5.74, 6) is 0.0773. The number of nitrogens with zero attached hydrogens (tertiary/aromatic N) is 2. The molecule has 0 saturated carbocycles. The van der Waals surface area contributed by atoms with Gasteiger partial charge in [0.25, 0.3) is 0 Å². The summed E-state index contributed by atoms with van der Waals surface area (Å²) >= 11 is 1.34. The number of carbonyl (C=O) groups is 1. The molecule has 8 heteroatoms. The van der Waals surface area contributed by atoms with E-state index in [-0.39, 0.29) is 18.0 Å². The van der Waals surface area contributed by atoms with Crippen LogP contribution in [0.4, 0.5) is 13.2 Å². The Morgan fingerprint density at radius 3 is 2.96 bits per heavy atom. The summed E-state index contributed by atoms with van der Waals surface area (Å²) in [4.78, 5) is 17.6. The van der Waals surface area contributed by atoms with Gasteiger partial charge >= 0.3 is 6.18 Å². The topological polar surface area (TPSA) is 45.2 Å². The number of nitrogens with one attached hydrogen (secondary N) is 1. The maximum atomic E-state index is 12.9. The lowest BCUT2D eigenvalue weighted by molar-refractivity contribution is -0.137. The highest BCUT2D eigenvalue weighted by atomic mass is 32.1. The van der Waals surface area contributed by atoms with Crippen LogP contribution in [0.15, 0.2) is 29.6 Å². The zero-order valence-corrected chi connectivity index (χ0v) is 14.0. The van der Waals surface area contributed by atoms with Crippen LogP contribution in [0.5, 0.6) is 0 Å². The Hall–Kier alpha value is -1.93. The molecule has 3 heterocycles. The minimum atomic E-state index is -4.37. The van der Waals surface area contributed by atoms with Crippen LogP contribution in [-0.4, -0.2) is 41.5 Å². The van der Waals surface area contributed by atoms with Crippen molar-refractivity contribution in [2.45, 2.75) is 30.6 Å². The summed E-state index contributed by atoms with van der Waals surface area (Å²) in [5.41, 5.74) is 0.630. The molecule has 0 aliphatic carbocycles. The lowest BCUT2D eigenvalue weighted by Gasteiger charge is -2.23. The van der Waals surface area contributed by atoms with E-state index in [0.29, 0.717) is 10.6 Å². The van der Waals surface area contributed by atoms with Crippen molar-refractivity contribution in [3.8, 4) is 10.6 Å². The normalized spacial score (nSPS) is 26.0. The molecule has 0 radical (unpaired) electrons. The van der Waals surface area contributed by atoms with E-state index in [1.54, 1.807) is 11.0 Å². The van der Waals surface area contributed by atoms with Crippen LogP contribution in [0.3, 0.4) is 0 Å². The Bertz CT molecular complexity index is 791. The third-order valence-electron chi connectivity index (χ3n) is 4.98. The number of rotatable bonds is 3. The van der Waals surface area contributed by atoms with Crippen molar-refractivity contribution < 1.29 is 18.0 Å². The molecular formula is C17H16F3N3OS. The number of amides is 1. The minimum Gasteiger partial charge on any atom is -0.340 e. The van der Waals surface area contributed by atoms with Gasteiger partial charge in [0.15, 0.2) is 0 Å². The van der Waals surface area contributed by atoms with E-state index in [9.17, 15) is 18.0 Å². The molecule has 0 bridgehead atoms. The van der Waals surface area contributed by atoms with Gasteiger partial charge in [0.1, 0.15) is 5.01 Å². The average molecular weight is 367 g/mol. The zero-order chi connectivity index (χ0) is 17.6. The SMILES string of the molecule is O=CN1CC[C@H]2NC[C@H](c3csc(-c4cccc(C(F)(F)F)c4)n3)[C@H]21. The van der Waals surface area contributed by atoms with Gasteiger partial charge in [0.05, 0.1) is 17.3 Å². The van der Waals surface area contributed by atoms with Crippen LogP contribution in [0, 0.1) is 0 Å². The molecule has 3 atom stereocenters. The van der Waals surface area contributed by atoms with Gasteiger partial charge in [-0.15, -0.1) is 11.3 Å². The van der Waals surface area contributed by atoms with Crippen molar-refractivity contribution in [1.29, 1.82) is 0 Å². The Labute approximate surface area is 146 Å². The molecule has 4 nitrogen and oxygen atoms in total. The fourth-order valence-electron chi connectivity index (χ4n) is 3.79. The van der Waals surface area contributed by atoms with Gasteiger partial charge in [-0.05, 0) is 18.6 Å². The molecule has 132 valence electrons. The summed E-state index contributed by atoms with van der Waals surface area (Å²) in [6.45, 7) is 1.46. The van der Waals surface area contributed by atoms with Crippen LogP contribution < -0.4 is 5.32 Å². The summed E-state index contributed by atoms with van der Waals surface area (Å²) in [5, 5.41) is 5.89. The largest absolute Gasteiger partial charge is 0.416 e. The molecule has 2 fully saturated rings. The first-order valence-electron chi connectivity index (χ1n) is 8.05. The number of alkyl halides is 3. The van der Waals surface area contributed by atoms with Gasteiger partial charge in [-0.25, -0.2) is 4.98 Å². The number of likely N-dealkylation sites (tertiary alicyclic amines) is 1. The first-order valence-corrected chi connectivity index (χ1v) is 8.93. The Kier molecular flexibility index (Phi) is 4.04. The van der Waals surface area contributed by atoms with Crippen molar-refractivity contribution in [3.63, 3.8) is 0 Å². The van der Waals surface area contributed by atoms with E-state index in [0.717, 1.165) is 43.7 Å². The van der Waals surface area contributed by atoms with Crippen molar-refractivity contribution in [2.75, 3.05) is 13.1 Å². The Balaban J connectivity index is 1.62. The summed E-state index contributed by atoms with van der Waals surface area (Å²) in [7, 11) is 0. The van der Waals surface area contributed by atoms with Crippen LogP contribution in [0.25, 0.3) is 10.6 Å². The van der Waals surface area contributed by atoms with Gasteiger partial charge in [0, 0.05) is 36.0 Å². The second-order valence-corrected chi connectivity index (χ2v) is 7.26. The smallest absolute Gasteiger partial charge is 0.340 e. The summed E-state index contributed by atoms with van der Waals surface area (Å²) in [6.07, 6.45) is -2.57. The Morgan fingerprint density at radius 2 is 2.20 bits per heavy atom. The number of carbonyl (C=O) groups excluding carboxylic acids is 1. The second kappa shape index (κ2) is 6.10. The van der Waals surface area contributed by atoms with Crippen molar-refractivity contribution in [3.05, 3.63) is 40.9 Å². The van der Waals surface area contributed by atoms with Crippen LogP contribution in [0.2, 0.25) is 0 Å². The predicted molar refractivity (Wildman–Crippen MR) is 88.3 cm³/mol.